The summed E-state index contributed by atoms with van der Waals surface area (Å²) in [4.78, 5) is 10.2. The summed E-state index contributed by atoms with van der Waals surface area (Å²) in [5, 5.41) is 9.07. The topological polar surface area (TPSA) is 37.3 Å². The molecule has 0 unspecified atom stereocenters. The van der Waals surface area contributed by atoms with Crippen molar-refractivity contribution in [2.75, 3.05) is 0 Å². The number of benzene rings is 2. The third-order valence-electron chi connectivity index (χ3n) is 3.29. The zero-order valence-corrected chi connectivity index (χ0v) is 16.5. The van der Waals surface area contributed by atoms with Crippen molar-refractivity contribution in [1.82, 2.24) is 0 Å². The normalized spacial score (nSPS) is 15.5. The first-order valence-electron chi connectivity index (χ1n) is 6.90. The second-order valence-corrected chi connectivity index (χ2v) is 5.10. The van der Waals surface area contributed by atoms with E-state index in [0.29, 0.717) is 0 Å². The van der Waals surface area contributed by atoms with Crippen LogP contribution in [0.4, 0.5) is 0 Å². The van der Waals surface area contributed by atoms with Crippen molar-refractivity contribution in [3.05, 3.63) is 78.2 Å². The van der Waals surface area contributed by atoms with Crippen LogP contribution in [0.25, 0.3) is 6.08 Å². The van der Waals surface area contributed by atoms with Gasteiger partial charge in [0.05, 0.1) is 0 Å². The van der Waals surface area contributed by atoms with Gasteiger partial charge in [-0.3, -0.25) is 6.29 Å². The zero-order chi connectivity index (χ0) is 15.1. The van der Waals surface area contributed by atoms with Crippen LogP contribution in [0, 0.1) is 44.0 Å². The van der Waals surface area contributed by atoms with Crippen molar-refractivity contribution in [1.29, 1.82) is 0 Å². The molecule has 3 rings (SSSR count). The number of phenols is 1. The molecular formula is C19H18O2U. The van der Waals surface area contributed by atoms with Crippen LogP contribution in [0.15, 0.2) is 60.2 Å². The van der Waals surface area contributed by atoms with E-state index in [1.165, 1.54) is 5.57 Å². The molecule has 1 aliphatic carbocycles. The Kier molecular flexibility index (Phi) is 8.09. The Bertz CT molecular complexity index is 595. The first-order chi connectivity index (χ1) is 10.2. The maximum absolute atomic E-state index is 10.2. The Morgan fingerprint density at radius 1 is 1.05 bits per heavy atom. The van der Waals surface area contributed by atoms with Crippen LogP contribution in [0.5, 0.6) is 5.75 Å². The summed E-state index contributed by atoms with van der Waals surface area (Å²) in [7, 11) is 0. The first kappa shape index (κ1) is 18.6. The van der Waals surface area contributed by atoms with Gasteiger partial charge in [0, 0.05) is 0 Å². The van der Waals surface area contributed by atoms with Gasteiger partial charge in [-0.1, -0.05) is 42.7 Å². The molecule has 1 N–H and O–H groups in total. The van der Waals surface area contributed by atoms with Crippen molar-refractivity contribution < 1.29 is 41.0 Å². The van der Waals surface area contributed by atoms with E-state index in [2.05, 4.69) is 13.0 Å². The minimum Gasteiger partial charge on any atom is -0.541 e. The second-order valence-electron chi connectivity index (χ2n) is 5.10. The van der Waals surface area contributed by atoms with E-state index in [0.717, 1.165) is 24.0 Å². The van der Waals surface area contributed by atoms with Crippen molar-refractivity contribution in [2.45, 2.75) is 12.8 Å². The fourth-order valence-corrected chi connectivity index (χ4v) is 2.06. The fourth-order valence-electron chi connectivity index (χ4n) is 2.06. The molecule has 1 fully saturated rings. The van der Waals surface area contributed by atoms with Gasteiger partial charge in [0.2, 0.25) is 0 Å². The Labute approximate surface area is 155 Å². The van der Waals surface area contributed by atoms with E-state index in [9.17, 15) is 4.79 Å². The standard InChI is InChI=1S/C12H11O2.C7H7.U/c13-8-11-6-10(7-11)5-9-1-3-12(14)4-2-9;1-7-5-3-2-4-6-7;/h1-5,11,14H,6-7H2;2-6H,1H2;/q2*-1;+2. The van der Waals surface area contributed by atoms with Crippen molar-refractivity contribution in [3.8, 4) is 5.75 Å². The summed E-state index contributed by atoms with van der Waals surface area (Å²) in [5.41, 5.74) is 3.42. The van der Waals surface area contributed by atoms with E-state index in [4.69, 9.17) is 5.11 Å². The van der Waals surface area contributed by atoms with Gasteiger partial charge in [-0.15, -0.1) is 18.1 Å². The van der Waals surface area contributed by atoms with E-state index in [1.807, 2.05) is 48.8 Å². The van der Waals surface area contributed by atoms with E-state index >= 15 is 0 Å². The molecule has 0 heterocycles. The van der Waals surface area contributed by atoms with Crippen LogP contribution in [0.1, 0.15) is 24.0 Å². The number of hydrogen-bond donors (Lipinski definition) is 1. The summed E-state index contributed by atoms with van der Waals surface area (Å²) in [6.45, 7) is 3.72. The van der Waals surface area contributed by atoms with E-state index in [-0.39, 0.29) is 42.8 Å². The summed E-state index contributed by atoms with van der Waals surface area (Å²) in [6.07, 6.45) is 5.73. The zero-order valence-electron chi connectivity index (χ0n) is 12.3. The molecule has 110 valence electrons. The number of aromatic hydroxyl groups is 1. The molecule has 0 atom stereocenters. The molecule has 2 nitrogen and oxygen atoms in total. The van der Waals surface area contributed by atoms with Crippen LogP contribution < -0.4 is 0 Å². The first-order valence-corrected chi connectivity index (χ1v) is 6.90. The summed E-state index contributed by atoms with van der Waals surface area (Å²) in [6, 6.07) is 16.9. The van der Waals surface area contributed by atoms with Crippen LogP contribution in [-0.2, 0) is 4.79 Å². The molecule has 2 aromatic carbocycles. The Morgan fingerprint density at radius 3 is 2.09 bits per heavy atom. The molecule has 0 aromatic heterocycles. The summed E-state index contributed by atoms with van der Waals surface area (Å²) >= 11 is 0. The number of hydrogen-bond acceptors (Lipinski definition) is 2. The summed E-state index contributed by atoms with van der Waals surface area (Å²) in [5.74, 6) is 0.387. The maximum atomic E-state index is 10.2. The largest absolute Gasteiger partial charge is 2.00 e. The summed E-state index contributed by atoms with van der Waals surface area (Å²) < 4.78 is 0. The molecule has 0 aliphatic heterocycles. The van der Waals surface area contributed by atoms with Crippen molar-refractivity contribution >= 4 is 12.4 Å². The van der Waals surface area contributed by atoms with Crippen LogP contribution in [-0.4, -0.2) is 11.4 Å². The molecule has 0 spiro atoms. The quantitative estimate of drug-likeness (QED) is 0.609. The van der Waals surface area contributed by atoms with Gasteiger partial charge in [-0.05, 0) is 17.7 Å². The molecule has 0 amide bonds. The predicted octanol–water partition coefficient (Wildman–Crippen LogP) is 4.16. The van der Waals surface area contributed by atoms with Crippen LogP contribution >= 0.6 is 0 Å². The van der Waals surface area contributed by atoms with Crippen molar-refractivity contribution in [2.24, 2.45) is 5.92 Å². The number of carbonyl (C=O) groups excluding carboxylic acids is 1. The molecule has 2 aromatic rings. The molecule has 1 aliphatic rings. The number of rotatable bonds is 2. The van der Waals surface area contributed by atoms with Gasteiger partial charge in [0.25, 0.3) is 0 Å². The van der Waals surface area contributed by atoms with E-state index < -0.39 is 0 Å². The SMILES string of the molecule is O=[C-]C1CC(=Cc2ccc(O)cc2)C1.[CH2-]c1ccccc1.[U+2]. The molecule has 0 saturated heterocycles. The minimum atomic E-state index is 0. The monoisotopic (exact) mass is 516 g/mol. The van der Waals surface area contributed by atoms with E-state index in [1.54, 1.807) is 12.1 Å². The average Bonchev–Trinajstić information content (AvgIpc) is 2.46. The minimum absolute atomic E-state index is 0. The van der Waals surface area contributed by atoms with Gasteiger partial charge >= 0.3 is 31.1 Å². The van der Waals surface area contributed by atoms with Gasteiger partial charge in [-0.25, -0.2) is 0 Å². The number of phenolic OH excluding ortho intramolecular Hbond substituents is 1. The fraction of sp³-hybridized carbons (Fsp3) is 0.158. The molecule has 0 bridgehead atoms. The molecule has 1 saturated carbocycles. The Hall–Kier alpha value is -1.43. The predicted molar refractivity (Wildman–Crippen MR) is 85.4 cm³/mol. The Balaban J connectivity index is 0.000000258. The van der Waals surface area contributed by atoms with Gasteiger partial charge in [0.15, 0.2) is 0 Å². The number of allylic oxidation sites excluding steroid dienone is 1. The van der Waals surface area contributed by atoms with Crippen LogP contribution in [0.3, 0.4) is 0 Å². The van der Waals surface area contributed by atoms with Gasteiger partial charge in [0.1, 0.15) is 5.75 Å². The molecular weight excluding hydrogens is 498 g/mol. The second kappa shape index (κ2) is 9.56. The van der Waals surface area contributed by atoms with Gasteiger partial charge in [-0.2, -0.15) is 24.6 Å². The third kappa shape index (κ3) is 6.14. The maximum Gasteiger partial charge on any atom is 2.00 e. The van der Waals surface area contributed by atoms with Crippen LogP contribution in [0.2, 0.25) is 0 Å². The molecule has 3 heteroatoms. The smallest absolute Gasteiger partial charge is 0.541 e. The van der Waals surface area contributed by atoms with Gasteiger partial charge < -0.3 is 9.90 Å². The average molecular weight is 516 g/mol. The molecule has 0 radical (unpaired) electrons. The Morgan fingerprint density at radius 2 is 1.64 bits per heavy atom. The molecule has 22 heavy (non-hydrogen) atoms. The third-order valence-corrected chi connectivity index (χ3v) is 3.29. The van der Waals surface area contributed by atoms with Crippen molar-refractivity contribution in [3.63, 3.8) is 0 Å².